The summed E-state index contributed by atoms with van der Waals surface area (Å²) in [5, 5.41) is 3.89. The number of pyridine rings is 1. The molecule has 0 amide bonds. The predicted molar refractivity (Wildman–Crippen MR) is 52.2 cm³/mol. The van der Waals surface area contributed by atoms with Crippen LogP contribution in [0.2, 0.25) is 0 Å². The summed E-state index contributed by atoms with van der Waals surface area (Å²) in [4.78, 5) is 18.6. The molecule has 2 aromatic rings. The van der Waals surface area contributed by atoms with Crippen LogP contribution in [0, 0.1) is 0 Å². The lowest BCUT2D eigenvalue weighted by molar-refractivity contribution is 0.112. The third kappa shape index (κ3) is 1.56. The van der Waals surface area contributed by atoms with E-state index in [2.05, 4.69) is 31.0 Å². The molecule has 6 heteroatoms. The molecule has 0 spiro atoms. The summed E-state index contributed by atoms with van der Waals surface area (Å²) in [6.07, 6.45) is 5.21. The second-order valence-corrected chi connectivity index (χ2v) is 3.44. The van der Waals surface area contributed by atoms with Gasteiger partial charge in [-0.1, -0.05) is 0 Å². The fourth-order valence-corrected chi connectivity index (χ4v) is 1.39. The number of carbonyl (C=O) groups is 1. The average molecular weight is 253 g/mol. The first-order valence-corrected chi connectivity index (χ1v) is 4.56. The van der Waals surface area contributed by atoms with Crippen LogP contribution >= 0.6 is 15.9 Å². The number of rotatable bonds is 2. The van der Waals surface area contributed by atoms with Crippen LogP contribution in [0.5, 0.6) is 0 Å². The highest BCUT2D eigenvalue weighted by atomic mass is 79.9. The van der Waals surface area contributed by atoms with Gasteiger partial charge in [-0.15, -0.1) is 0 Å². The maximum absolute atomic E-state index is 10.8. The smallest absolute Gasteiger partial charge is 0.165 e. The van der Waals surface area contributed by atoms with Crippen molar-refractivity contribution in [3.8, 4) is 5.82 Å². The number of halogens is 1. The van der Waals surface area contributed by atoms with E-state index < -0.39 is 0 Å². The Balaban J connectivity index is 2.58. The van der Waals surface area contributed by atoms with Crippen molar-refractivity contribution in [2.75, 3.05) is 0 Å². The Hall–Kier alpha value is -1.56. The van der Waals surface area contributed by atoms with Crippen LogP contribution in [0.1, 0.15) is 10.4 Å². The van der Waals surface area contributed by atoms with Gasteiger partial charge in [0.15, 0.2) is 12.1 Å². The van der Waals surface area contributed by atoms with Gasteiger partial charge in [0.25, 0.3) is 0 Å². The molecule has 70 valence electrons. The zero-order valence-electron chi connectivity index (χ0n) is 6.96. The Labute approximate surface area is 87.9 Å². The number of aromatic nitrogens is 4. The van der Waals surface area contributed by atoms with Gasteiger partial charge >= 0.3 is 0 Å². The van der Waals surface area contributed by atoms with Gasteiger partial charge in [-0.3, -0.25) is 4.79 Å². The van der Waals surface area contributed by atoms with Gasteiger partial charge in [-0.25, -0.2) is 14.6 Å². The van der Waals surface area contributed by atoms with E-state index >= 15 is 0 Å². The zero-order valence-corrected chi connectivity index (χ0v) is 8.55. The lowest BCUT2D eigenvalue weighted by Crippen LogP contribution is -2.02. The fourth-order valence-electron chi connectivity index (χ4n) is 1.04. The summed E-state index contributed by atoms with van der Waals surface area (Å²) < 4.78 is 2.19. The number of carbonyl (C=O) groups excluding carboxylic acids is 1. The lowest BCUT2D eigenvalue weighted by Gasteiger charge is -2.02. The van der Waals surface area contributed by atoms with Crippen molar-refractivity contribution in [1.82, 2.24) is 19.7 Å². The second-order valence-electron chi connectivity index (χ2n) is 2.52. The molecule has 2 heterocycles. The molecule has 14 heavy (non-hydrogen) atoms. The number of hydrogen-bond acceptors (Lipinski definition) is 4. The molecule has 0 N–H and O–H groups in total. The van der Waals surface area contributed by atoms with E-state index in [9.17, 15) is 4.79 Å². The van der Waals surface area contributed by atoms with Gasteiger partial charge in [-0.05, 0) is 22.0 Å². The minimum Gasteiger partial charge on any atom is -0.298 e. The van der Waals surface area contributed by atoms with Gasteiger partial charge in [0.1, 0.15) is 12.7 Å². The van der Waals surface area contributed by atoms with Crippen LogP contribution in [-0.4, -0.2) is 26.0 Å². The van der Waals surface area contributed by atoms with Crippen molar-refractivity contribution in [3.05, 3.63) is 35.0 Å². The first-order chi connectivity index (χ1) is 6.81. The molecule has 0 aliphatic carbocycles. The Morgan fingerprint density at radius 1 is 1.50 bits per heavy atom. The molecule has 0 aliphatic heterocycles. The normalized spacial score (nSPS) is 10.1. The molecule has 0 radical (unpaired) electrons. The monoisotopic (exact) mass is 252 g/mol. The first-order valence-electron chi connectivity index (χ1n) is 3.77. The van der Waals surface area contributed by atoms with E-state index in [4.69, 9.17) is 0 Å². The Morgan fingerprint density at radius 2 is 2.36 bits per heavy atom. The quantitative estimate of drug-likeness (QED) is 0.755. The number of hydrogen-bond donors (Lipinski definition) is 0. The number of aldehydes is 1. The maximum Gasteiger partial charge on any atom is 0.165 e. The summed E-state index contributed by atoms with van der Waals surface area (Å²) in [7, 11) is 0. The minimum atomic E-state index is 0.463. The topological polar surface area (TPSA) is 60.7 Å². The molecular formula is C8H5BrN4O. The van der Waals surface area contributed by atoms with Crippen LogP contribution in [0.25, 0.3) is 5.82 Å². The third-order valence-electron chi connectivity index (χ3n) is 1.62. The molecular weight excluding hydrogens is 248 g/mol. The van der Waals surface area contributed by atoms with Gasteiger partial charge in [0.05, 0.1) is 5.56 Å². The fraction of sp³-hybridized carbons (Fsp3) is 0. The van der Waals surface area contributed by atoms with E-state index in [-0.39, 0.29) is 0 Å². The molecule has 0 saturated carbocycles. The molecule has 0 atom stereocenters. The van der Waals surface area contributed by atoms with Crippen molar-refractivity contribution < 1.29 is 4.79 Å². The van der Waals surface area contributed by atoms with Crippen molar-refractivity contribution in [2.24, 2.45) is 0 Å². The molecule has 0 unspecified atom stereocenters. The SMILES string of the molecule is O=Cc1cc(Br)cnc1-n1cncn1. The van der Waals surface area contributed by atoms with Crippen LogP contribution < -0.4 is 0 Å². The minimum absolute atomic E-state index is 0.463. The molecule has 2 aromatic heterocycles. The van der Waals surface area contributed by atoms with E-state index in [1.165, 1.54) is 17.3 Å². The highest BCUT2D eigenvalue weighted by Crippen LogP contribution is 2.14. The summed E-state index contributed by atoms with van der Waals surface area (Å²) in [6, 6.07) is 1.68. The average Bonchev–Trinajstić information content (AvgIpc) is 2.70. The lowest BCUT2D eigenvalue weighted by atomic mass is 10.3. The second kappa shape index (κ2) is 3.67. The Kier molecular flexibility index (Phi) is 2.36. The molecule has 0 saturated heterocycles. The zero-order chi connectivity index (χ0) is 9.97. The van der Waals surface area contributed by atoms with Gasteiger partial charge in [-0.2, -0.15) is 5.10 Å². The molecule has 0 bridgehead atoms. The van der Waals surface area contributed by atoms with E-state index in [0.29, 0.717) is 11.4 Å². The predicted octanol–water partition coefficient (Wildman–Crippen LogP) is 1.24. The molecule has 0 aromatic carbocycles. The first kappa shape index (κ1) is 9.01. The van der Waals surface area contributed by atoms with Crippen LogP contribution in [0.3, 0.4) is 0 Å². The van der Waals surface area contributed by atoms with Crippen LogP contribution in [0.15, 0.2) is 29.4 Å². The largest absolute Gasteiger partial charge is 0.298 e. The maximum atomic E-state index is 10.8. The van der Waals surface area contributed by atoms with E-state index in [0.717, 1.165) is 10.8 Å². The van der Waals surface area contributed by atoms with Crippen LogP contribution in [0.4, 0.5) is 0 Å². The summed E-state index contributed by atoms with van der Waals surface area (Å²) in [6.45, 7) is 0. The highest BCUT2D eigenvalue weighted by Gasteiger charge is 2.06. The van der Waals surface area contributed by atoms with Gasteiger partial charge in [0, 0.05) is 10.7 Å². The van der Waals surface area contributed by atoms with Crippen LogP contribution in [-0.2, 0) is 0 Å². The summed E-state index contributed by atoms with van der Waals surface area (Å²) in [5.74, 6) is 0.473. The van der Waals surface area contributed by atoms with Crippen molar-refractivity contribution >= 4 is 22.2 Å². The van der Waals surface area contributed by atoms with E-state index in [1.54, 1.807) is 12.3 Å². The molecule has 0 fully saturated rings. The molecule has 0 aliphatic rings. The third-order valence-corrected chi connectivity index (χ3v) is 2.06. The van der Waals surface area contributed by atoms with Crippen molar-refractivity contribution in [1.29, 1.82) is 0 Å². The standard InChI is InChI=1S/C8H5BrN4O/c9-7-1-6(3-14)8(11-2-7)13-5-10-4-12-13/h1-5H. The Bertz CT molecular complexity index is 454. The van der Waals surface area contributed by atoms with Crippen molar-refractivity contribution in [2.45, 2.75) is 0 Å². The summed E-state index contributed by atoms with van der Waals surface area (Å²) in [5.41, 5.74) is 0.463. The highest BCUT2D eigenvalue weighted by molar-refractivity contribution is 9.10. The number of nitrogens with zero attached hydrogens (tertiary/aromatic N) is 4. The van der Waals surface area contributed by atoms with E-state index in [1.807, 2.05) is 0 Å². The Morgan fingerprint density at radius 3 is 3.00 bits per heavy atom. The molecule has 5 nitrogen and oxygen atoms in total. The summed E-state index contributed by atoms with van der Waals surface area (Å²) >= 11 is 3.23. The molecule has 2 rings (SSSR count). The van der Waals surface area contributed by atoms with Crippen molar-refractivity contribution in [3.63, 3.8) is 0 Å². The van der Waals surface area contributed by atoms with Gasteiger partial charge < -0.3 is 0 Å². The van der Waals surface area contributed by atoms with Gasteiger partial charge in [0.2, 0.25) is 0 Å².